The first kappa shape index (κ1) is 7.99. The second kappa shape index (κ2) is 2.81. The third-order valence-electron chi connectivity index (χ3n) is 2.31. The number of fused-ring (bicyclic) bond motifs is 3. The van der Waals surface area contributed by atoms with Crippen LogP contribution in [0, 0.1) is 0 Å². The van der Waals surface area contributed by atoms with Gasteiger partial charge in [-0.05, 0) is 11.4 Å². The van der Waals surface area contributed by atoms with Crippen molar-refractivity contribution in [3.63, 3.8) is 0 Å². The molecule has 0 saturated heterocycles. The van der Waals surface area contributed by atoms with Crippen LogP contribution >= 0.6 is 11.3 Å². The normalized spacial score (nSPS) is 19.6. The number of nitrogens with zero attached hydrogens (tertiary/aromatic N) is 2. The SMILES string of the molecule is O=C1CN2CCOc3ccsc3C2=N1. The molecule has 4 nitrogen and oxygen atoms in total. The van der Waals surface area contributed by atoms with E-state index in [9.17, 15) is 4.79 Å². The van der Waals surface area contributed by atoms with Crippen molar-refractivity contribution in [1.82, 2.24) is 4.90 Å². The summed E-state index contributed by atoms with van der Waals surface area (Å²) >= 11 is 1.57. The van der Waals surface area contributed by atoms with E-state index in [1.807, 2.05) is 16.3 Å². The Morgan fingerprint density at radius 1 is 1.57 bits per heavy atom. The molecule has 0 N–H and O–H groups in total. The highest BCUT2D eigenvalue weighted by Gasteiger charge is 2.29. The summed E-state index contributed by atoms with van der Waals surface area (Å²) in [5, 5.41) is 1.96. The Hall–Kier alpha value is -1.36. The second-order valence-electron chi connectivity index (χ2n) is 3.21. The number of amidine groups is 1. The molecule has 0 saturated carbocycles. The second-order valence-corrected chi connectivity index (χ2v) is 4.13. The van der Waals surface area contributed by atoms with Crippen molar-refractivity contribution in [2.24, 2.45) is 4.99 Å². The highest BCUT2D eigenvalue weighted by molar-refractivity contribution is 7.12. The van der Waals surface area contributed by atoms with Gasteiger partial charge in [0.2, 0.25) is 0 Å². The first-order chi connectivity index (χ1) is 6.84. The number of ether oxygens (including phenoxy) is 1. The monoisotopic (exact) mass is 208 g/mol. The third-order valence-corrected chi connectivity index (χ3v) is 3.20. The number of amides is 1. The van der Waals surface area contributed by atoms with E-state index in [2.05, 4.69) is 4.99 Å². The number of thiophene rings is 1. The fourth-order valence-corrected chi connectivity index (χ4v) is 2.53. The van der Waals surface area contributed by atoms with Crippen molar-refractivity contribution < 1.29 is 9.53 Å². The molecule has 0 radical (unpaired) electrons. The van der Waals surface area contributed by atoms with Crippen molar-refractivity contribution in [3.05, 3.63) is 16.3 Å². The van der Waals surface area contributed by atoms with Crippen molar-refractivity contribution >= 4 is 23.1 Å². The average Bonchev–Trinajstić information content (AvgIpc) is 2.70. The molecule has 0 fully saturated rings. The minimum absolute atomic E-state index is 0.0544. The van der Waals surface area contributed by atoms with Gasteiger partial charge in [0, 0.05) is 0 Å². The largest absolute Gasteiger partial charge is 0.490 e. The summed E-state index contributed by atoms with van der Waals surface area (Å²) in [7, 11) is 0. The maximum Gasteiger partial charge on any atom is 0.267 e. The van der Waals surface area contributed by atoms with Crippen molar-refractivity contribution in [1.29, 1.82) is 0 Å². The Morgan fingerprint density at radius 2 is 2.50 bits per heavy atom. The van der Waals surface area contributed by atoms with Gasteiger partial charge in [-0.25, -0.2) is 0 Å². The molecule has 1 aromatic heterocycles. The summed E-state index contributed by atoms with van der Waals surface area (Å²) in [6.07, 6.45) is 0. The molecule has 0 spiro atoms. The molecular weight excluding hydrogens is 200 g/mol. The number of carbonyl (C=O) groups excluding carboxylic acids is 1. The van der Waals surface area contributed by atoms with Gasteiger partial charge in [-0.2, -0.15) is 4.99 Å². The van der Waals surface area contributed by atoms with E-state index >= 15 is 0 Å². The lowest BCUT2D eigenvalue weighted by Gasteiger charge is -2.13. The van der Waals surface area contributed by atoms with Gasteiger partial charge < -0.3 is 9.64 Å². The zero-order valence-corrected chi connectivity index (χ0v) is 8.21. The van der Waals surface area contributed by atoms with E-state index in [0.717, 1.165) is 23.0 Å². The van der Waals surface area contributed by atoms with Gasteiger partial charge in [0.05, 0.1) is 6.54 Å². The molecule has 3 rings (SSSR count). The number of hydrogen-bond donors (Lipinski definition) is 0. The predicted molar refractivity (Wildman–Crippen MR) is 52.9 cm³/mol. The summed E-state index contributed by atoms with van der Waals surface area (Å²) < 4.78 is 5.54. The Morgan fingerprint density at radius 3 is 3.43 bits per heavy atom. The lowest BCUT2D eigenvalue weighted by molar-refractivity contribution is -0.117. The average molecular weight is 208 g/mol. The number of rotatable bonds is 0. The van der Waals surface area contributed by atoms with Gasteiger partial charge >= 0.3 is 0 Å². The van der Waals surface area contributed by atoms with Crippen LogP contribution in [-0.2, 0) is 4.79 Å². The molecule has 2 aliphatic heterocycles. The summed E-state index contributed by atoms with van der Waals surface area (Å²) in [6.45, 7) is 1.76. The van der Waals surface area contributed by atoms with Crippen LogP contribution in [0.2, 0.25) is 0 Å². The minimum Gasteiger partial charge on any atom is -0.490 e. The number of carbonyl (C=O) groups is 1. The zero-order valence-electron chi connectivity index (χ0n) is 7.40. The van der Waals surface area contributed by atoms with Crippen LogP contribution in [0.5, 0.6) is 5.75 Å². The molecule has 0 bridgehead atoms. The fraction of sp³-hybridized carbons (Fsp3) is 0.333. The van der Waals surface area contributed by atoms with E-state index in [4.69, 9.17) is 4.74 Å². The maximum absolute atomic E-state index is 11.2. The maximum atomic E-state index is 11.2. The Kier molecular flexibility index (Phi) is 1.61. The molecule has 0 unspecified atom stereocenters. The van der Waals surface area contributed by atoms with E-state index in [0.29, 0.717) is 13.2 Å². The summed E-state index contributed by atoms with van der Waals surface area (Å²) in [4.78, 5) is 18.2. The van der Waals surface area contributed by atoms with Crippen molar-refractivity contribution in [2.75, 3.05) is 19.7 Å². The molecule has 1 aromatic rings. The van der Waals surface area contributed by atoms with Gasteiger partial charge in [-0.1, -0.05) is 0 Å². The molecular formula is C9H8N2O2S. The van der Waals surface area contributed by atoms with E-state index in [1.165, 1.54) is 0 Å². The van der Waals surface area contributed by atoms with Gasteiger partial charge in [0.1, 0.15) is 23.8 Å². The van der Waals surface area contributed by atoms with Gasteiger partial charge in [-0.3, -0.25) is 4.79 Å². The third kappa shape index (κ3) is 1.05. The van der Waals surface area contributed by atoms with E-state index < -0.39 is 0 Å². The Balaban J connectivity index is 2.13. The molecule has 0 aromatic carbocycles. The van der Waals surface area contributed by atoms with Gasteiger partial charge in [0.25, 0.3) is 5.91 Å². The van der Waals surface area contributed by atoms with Crippen molar-refractivity contribution in [3.8, 4) is 5.75 Å². The standard InChI is InChI=1S/C9H8N2O2S/c12-7-5-11-2-3-13-6-1-4-14-8(6)9(11)10-7/h1,4H,2-3,5H2. The van der Waals surface area contributed by atoms with E-state index in [-0.39, 0.29) is 5.91 Å². The zero-order chi connectivity index (χ0) is 9.54. The fourth-order valence-electron chi connectivity index (χ4n) is 1.68. The molecule has 2 aliphatic rings. The van der Waals surface area contributed by atoms with E-state index in [1.54, 1.807) is 11.3 Å². The first-order valence-corrected chi connectivity index (χ1v) is 5.30. The van der Waals surface area contributed by atoms with Crippen LogP contribution in [0.15, 0.2) is 16.4 Å². The summed E-state index contributed by atoms with van der Waals surface area (Å²) in [5.41, 5.74) is 0. The lowest BCUT2D eigenvalue weighted by atomic mass is 10.4. The number of hydrogen-bond acceptors (Lipinski definition) is 4. The Bertz CT molecular complexity index is 424. The lowest BCUT2D eigenvalue weighted by Crippen LogP contribution is -2.30. The smallest absolute Gasteiger partial charge is 0.267 e. The molecule has 14 heavy (non-hydrogen) atoms. The van der Waals surface area contributed by atoms with Crippen LogP contribution in [0.4, 0.5) is 0 Å². The Labute approximate surface area is 84.8 Å². The molecule has 3 heterocycles. The van der Waals surface area contributed by atoms with Gasteiger partial charge in [-0.15, -0.1) is 11.3 Å². The van der Waals surface area contributed by atoms with Crippen LogP contribution in [-0.4, -0.2) is 36.3 Å². The number of aliphatic imine (C=N–C) groups is 1. The molecule has 1 amide bonds. The minimum atomic E-state index is -0.0544. The predicted octanol–water partition coefficient (Wildman–Crippen LogP) is 0.729. The molecule has 5 heteroatoms. The molecule has 0 atom stereocenters. The highest BCUT2D eigenvalue weighted by atomic mass is 32.1. The van der Waals surface area contributed by atoms with Gasteiger partial charge in [0.15, 0.2) is 5.84 Å². The van der Waals surface area contributed by atoms with Crippen LogP contribution < -0.4 is 4.74 Å². The highest BCUT2D eigenvalue weighted by Crippen LogP contribution is 2.30. The van der Waals surface area contributed by atoms with Crippen LogP contribution in [0.3, 0.4) is 0 Å². The van der Waals surface area contributed by atoms with Crippen LogP contribution in [0.1, 0.15) is 4.88 Å². The summed E-state index contributed by atoms with van der Waals surface area (Å²) in [6, 6.07) is 1.93. The van der Waals surface area contributed by atoms with Crippen molar-refractivity contribution in [2.45, 2.75) is 0 Å². The van der Waals surface area contributed by atoms with Crippen LogP contribution in [0.25, 0.3) is 0 Å². The topological polar surface area (TPSA) is 41.9 Å². The molecule has 0 aliphatic carbocycles. The quantitative estimate of drug-likeness (QED) is 0.631. The summed E-state index contributed by atoms with van der Waals surface area (Å²) in [5.74, 6) is 1.59. The molecule has 72 valence electrons. The first-order valence-electron chi connectivity index (χ1n) is 4.42.